The third kappa shape index (κ3) is 3.16. The number of benzene rings is 1. The van der Waals surface area contributed by atoms with Crippen molar-refractivity contribution in [3.05, 3.63) is 29.8 Å². The third-order valence-electron chi connectivity index (χ3n) is 1.73. The number of thioether (sulfide) groups is 1. The molecule has 0 fully saturated rings. The van der Waals surface area contributed by atoms with E-state index in [2.05, 4.69) is 27.9 Å². The molecule has 0 aliphatic heterocycles. The number of halogens is 1. The first-order chi connectivity index (χ1) is 6.79. The summed E-state index contributed by atoms with van der Waals surface area (Å²) < 4.78 is 0.935. The van der Waals surface area contributed by atoms with Crippen LogP contribution in [0.3, 0.4) is 0 Å². The highest BCUT2D eigenvalue weighted by molar-refractivity contribution is 14.1. The SMILES string of the molecule is CSc1ccccc1C(=O)NCCI. The highest BCUT2D eigenvalue weighted by atomic mass is 127. The molecule has 0 aliphatic rings. The van der Waals surface area contributed by atoms with Crippen LogP contribution in [0.5, 0.6) is 0 Å². The Kier molecular flexibility index (Phi) is 5.32. The molecule has 0 saturated carbocycles. The van der Waals surface area contributed by atoms with Gasteiger partial charge in [-0.3, -0.25) is 4.79 Å². The monoisotopic (exact) mass is 321 g/mol. The molecule has 1 aromatic rings. The minimum Gasteiger partial charge on any atom is -0.351 e. The first-order valence-electron chi connectivity index (χ1n) is 4.26. The summed E-state index contributed by atoms with van der Waals surface area (Å²) in [5.41, 5.74) is 0.768. The molecule has 1 aromatic carbocycles. The number of amides is 1. The maximum Gasteiger partial charge on any atom is 0.252 e. The molecule has 0 heterocycles. The van der Waals surface area contributed by atoms with Crippen molar-refractivity contribution in [2.75, 3.05) is 17.2 Å². The second-order valence-electron chi connectivity index (χ2n) is 2.65. The lowest BCUT2D eigenvalue weighted by Gasteiger charge is -2.06. The zero-order valence-corrected chi connectivity index (χ0v) is 10.9. The van der Waals surface area contributed by atoms with Crippen LogP contribution in [0, 0.1) is 0 Å². The van der Waals surface area contributed by atoms with E-state index in [4.69, 9.17) is 0 Å². The number of hydrogen-bond donors (Lipinski definition) is 1. The molecule has 0 saturated heterocycles. The van der Waals surface area contributed by atoms with Gasteiger partial charge in [-0.15, -0.1) is 11.8 Å². The number of hydrogen-bond acceptors (Lipinski definition) is 2. The fourth-order valence-corrected chi connectivity index (χ4v) is 1.95. The maximum absolute atomic E-state index is 11.7. The second-order valence-corrected chi connectivity index (χ2v) is 4.57. The highest BCUT2D eigenvalue weighted by Crippen LogP contribution is 2.19. The molecule has 1 rings (SSSR count). The van der Waals surface area contributed by atoms with Gasteiger partial charge < -0.3 is 5.32 Å². The van der Waals surface area contributed by atoms with Gasteiger partial charge in [-0.2, -0.15) is 0 Å². The Morgan fingerprint density at radius 3 is 2.86 bits per heavy atom. The Morgan fingerprint density at radius 2 is 2.21 bits per heavy atom. The summed E-state index contributed by atoms with van der Waals surface area (Å²) in [6.45, 7) is 0.724. The van der Waals surface area contributed by atoms with Crippen LogP contribution >= 0.6 is 34.4 Å². The van der Waals surface area contributed by atoms with Gasteiger partial charge in [0.15, 0.2) is 0 Å². The highest BCUT2D eigenvalue weighted by Gasteiger charge is 2.08. The topological polar surface area (TPSA) is 29.1 Å². The molecule has 0 spiro atoms. The van der Waals surface area contributed by atoms with Crippen molar-refractivity contribution in [2.45, 2.75) is 4.90 Å². The second kappa shape index (κ2) is 6.29. The first kappa shape index (κ1) is 11.8. The molecule has 2 nitrogen and oxygen atoms in total. The summed E-state index contributed by atoms with van der Waals surface area (Å²) in [5.74, 6) is 0.0200. The molecule has 0 aliphatic carbocycles. The van der Waals surface area contributed by atoms with E-state index in [1.165, 1.54) is 0 Å². The molecule has 0 aromatic heterocycles. The molecule has 0 bridgehead atoms. The molecule has 0 unspecified atom stereocenters. The van der Waals surface area contributed by atoms with Crippen molar-refractivity contribution in [1.29, 1.82) is 0 Å². The van der Waals surface area contributed by atoms with E-state index in [1.54, 1.807) is 11.8 Å². The van der Waals surface area contributed by atoms with Crippen molar-refractivity contribution in [2.24, 2.45) is 0 Å². The normalized spacial score (nSPS) is 9.86. The number of nitrogens with one attached hydrogen (secondary N) is 1. The predicted octanol–water partition coefficient (Wildman–Crippen LogP) is 2.57. The molecular formula is C10H12INOS. The Morgan fingerprint density at radius 1 is 1.50 bits per heavy atom. The largest absolute Gasteiger partial charge is 0.351 e. The lowest BCUT2D eigenvalue weighted by Crippen LogP contribution is -2.25. The van der Waals surface area contributed by atoms with Gasteiger partial charge in [0.05, 0.1) is 5.56 Å². The molecule has 4 heteroatoms. The van der Waals surface area contributed by atoms with Crippen LogP contribution in [-0.2, 0) is 0 Å². The van der Waals surface area contributed by atoms with Crippen LogP contribution < -0.4 is 5.32 Å². The molecule has 0 atom stereocenters. The van der Waals surface area contributed by atoms with E-state index in [-0.39, 0.29) is 5.91 Å². The fraction of sp³-hybridized carbons (Fsp3) is 0.300. The summed E-state index contributed by atoms with van der Waals surface area (Å²) in [5, 5.41) is 2.86. The van der Waals surface area contributed by atoms with Gasteiger partial charge in [-0.1, -0.05) is 34.7 Å². The minimum absolute atomic E-state index is 0.0200. The zero-order valence-electron chi connectivity index (χ0n) is 7.92. The van der Waals surface area contributed by atoms with E-state index in [0.29, 0.717) is 0 Å². The van der Waals surface area contributed by atoms with E-state index >= 15 is 0 Å². The summed E-state index contributed by atoms with van der Waals surface area (Å²) in [4.78, 5) is 12.7. The average molecular weight is 321 g/mol. The summed E-state index contributed by atoms with van der Waals surface area (Å²) in [6.07, 6.45) is 1.98. The first-order valence-corrected chi connectivity index (χ1v) is 7.01. The van der Waals surface area contributed by atoms with Crippen molar-refractivity contribution >= 4 is 40.3 Å². The molecule has 76 valence electrons. The summed E-state index contributed by atoms with van der Waals surface area (Å²) in [7, 11) is 0. The van der Waals surface area contributed by atoms with E-state index in [0.717, 1.165) is 21.4 Å². The Balaban J connectivity index is 2.78. The molecule has 1 amide bonds. The molecule has 0 radical (unpaired) electrons. The van der Waals surface area contributed by atoms with Crippen molar-refractivity contribution in [3.63, 3.8) is 0 Å². The van der Waals surface area contributed by atoms with Crippen LogP contribution in [0.1, 0.15) is 10.4 Å². The van der Waals surface area contributed by atoms with E-state index in [9.17, 15) is 4.79 Å². The lowest BCUT2D eigenvalue weighted by molar-refractivity contribution is 0.0953. The third-order valence-corrected chi connectivity index (χ3v) is 3.07. The van der Waals surface area contributed by atoms with Crippen LogP contribution in [-0.4, -0.2) is 23.1 Å². The van der Waals surface area contributed by atoms with Crippen molar-refractivity contribution in [3.8, 4) is 0 Å². The Hall–Kier alpha value is -0.230. The lowest BCUT2D eigenvalue weighted by atomic mass is 10.2. The van der Waals surface area contributed by atoms with Crippen LogP contribution in [0.2, 0.25) is 0 Å². The van der Waals surface area contributed by atoms with E-state index in [1.807, 2.05) is 30.5 Å². The van der Waals surface area contributed by atoms with Crippen LogP contribution in [0.4, 0.5) is 0 Å². The quantitative estimate of drug-likeness (QED) is 0.525. The fourth-order valence-electron chi connectivity index (χ4n) is 1.09. The van der Waals surface area contributed by atoms with Gasteiger partial charge in [0.2, 0.25) is 0 Å². The van der Waals surface area contributed by atoms with Crippen LogP contribution in [0.25, 0.3) is 0 Å². The maximum atomic E-state index is 11.7. The van der Waals surface area contributed by atoms with Gasteiger partial charge in [0.1, 0.15) is 0 Å². The van der Waals surface area contributed by atoms with Crippen molar-refractivity contribution in [1.82, 2.24) is 5.32 Å². The molecular weight excluding hydrogens is 309 g/mol. The number of alkyl halides is 1. The van der Waals surface area contributed by atoms with Gasteiger partial charge in [0.25, 0.3) is 5.91 Å². The summed E-state index contributed by atoms with van der Waals surface area (Å²) in [6, 6.07) is 7.65. The van der Waals surface area contributed by atoms with Crippen LogP contribution in [0.15, 0.2) is 29.2 Å². The number of rotatable bonds is 4. The van der Waals surface area contributed by atoms with Gasteiger partial charge >= 0.3 is 0 Å². The predicted molar refractivity (Wildman–Crippen MR) is 69.4 cm³/mol. The van der Waals surface area contributed by atoms with Crippen molar-refractivity contribution < 1.29 is 4.79 Å². The van der Waals surface area contributed by atoms with E-state index < -0.39 is 0 Å². The number of carbonyl (C=O) groups excluding carboxylic acids is 1. The van der Waals surface area contributed by atoms with Gasteiger partial charge in [-0.25, -0.2) is 0 Å². The minimum atomic E-state index is 0.0200. The Bertz CT molecular complexity index is 317. The zero-order chi connectivity index (χ0) is 10.4. The summed E-state index contributed by atoms with van der Waals surface area (Å²) >= 11 is 3.83. The Labute approximate surface area is 102 Å². The smallest absolute Gasteiger partial charge is 0.252 e. The standard InChI is InChI=1S/C10H12INOS/c1-14-9-5-3-2-4-8(9)10(13)12-7-6-11/h2-5H,6-7H2,1H3,(H,12,13). The molecule has 14 heavy (non-hydrogen) atoms. The molecule has 1 N–H and O–H groups in total. The van der Waals surface area contributed by atoms with Gasteiger partial charge in [-0.05, 0) is 18.4 Å². The van der Waals surface area contributed by atoms with Gasteiger partial charge in [0, 0.05) is 15.9 Å². The average Bonchev–Trinajstić information content (AvgIpc) is 2.25. The number of carbonyl (C=O) groups is 1.